The molecule has 29 heavy (non-hydrogen) atoms. The number of aromatic amines is 1. The van der Waals surface area contributed by atoms with Crippen LogP contribution < -0.4 is 16.0 Å². The van der Waals surface area contributed by atoms with E-state index >= 15 is 0 Å². The zero-order valence-corrected chi connectivity index (χ0v) is 16.7. The van der Waals surface area contributed by atoms with E-state index < -0.39 is 29.0 Å². The van der Waals surface area contributed by atoms with E-state index in [1.165, 1.54) is 14.0 Å². The first-order valence-corrected chi connectivity index (χ1v) is 9.01. The molecule has 3 aromatic rings. The molecule has 2 aromatic carbocycles. The third-order valence-electron chi connectivity index (χ3n) is 4.69. The van der Waals surface area contributed by atoms with Crippen LogP contribution in [0.4, 0.5) is 4.39 Å². The van der Waals surface area contributed by atoms with Crippen molar-refractivity contribution >= 4 is 28.5 Å². The normalized spacial score (nSPS) is 12.0. The van der Waals surface area contributed by atoms with E-state index in [4.69, 9.17) is 16.3 Å². The molecule has 7 nitrogen and oxygen atoms in total. The Hall–Kier alpha value is -3.13. The molecule has 3 rings (SSSR count). The van der Waals surface area contributed by atoms with Crippen molar-refractivity contribution in [2.75, 3.05) is 14.2 Å². The minimum Gasteiger partial charge on any atom is -0.497 e. The number of carbonyl (C=O) groups is 1. The maximum Gasteiger partial charge on any atom is 0.329 e. The number of benzene rings is 2. The van der Waals surface area contributed by atoms with Crippen molar-refractivity contribution in [1.82, 2.24) is 9.55 Å². The van der Waals surface area contributed by atoms with E-state index in [2.05, 4.69) is 9.72 Å². The molecule has 0 spiro atoms. The van der Waals surface area contributed by atoms with Gasteiger partial charge in [-0.2, -0.15) is 0 Å². The van der Waals surface area contributed by atoms with Gasteiger partial charge in [0.25, 0.3) is 5.56 Å². The van der Waals surface area contributed by atoms with Crippen LogP contribution in [-0.2, 0) is 16.1 Å². The lowest BCUT2D eigenvalue weighted by Gasteiger charge is -2.15. The van der Waals surface area contributed by atoms with Gasteiger partial charge < -0.3 is 14.5 Å². The third kappa shape index (κ3) is 3.75. The molecule has 0 amide bonds. The van der Waals surface area contributed by atoms with Gasteiger partial charge in [0.2, 0.25) is 0 Å². The average Bonchev–Trinajstić information content (AvgIpc) is 2.72. The second-order valence-corrected chi connectivity index (χ2v) is 6.83. The number of aromatic nitrogens is 2. The average molecular weight is 421 g/mol. The van der Waals surface area contributed by atoms with Crippen LogP contribution in [0.2, 0.25) is 5.02 Å². The number of hydrogen-bond acceptors (Lipinski definition) is 5. The van der Waals surface area contributed by atoms with Crippen LogP contribution in [0.1, 0.15) is 24.0 Å². The van der Waals surface area contributed by atoms with E-state index in [9.17, 15) is 18.8 Å². The summed E-state index contributed by atoms with van der Waals surface area (Å²) >= 11 is 5.92. The molecule has 0 aliphatic rings. The highest BCUT2D eigenvalue weighted by molar-refractivity contribution is 6.31. The second kappa shape index (κ2) is 8.08. The largest absolute Gasteiger partial charge is 0.497 e. The fraction of sp³-hybridized carbons (Fsp3) is 0.250. The maximum atomic E-state index is 14.8. The van der Waals surface area contributed by atoms with E-state index in [0.717, 1.165) is 17.7 Å². The van der Waals surface area contributed by atoms with Gasteiger partial charge in [0.05, 0.1) is 42.6 Å². The molecular formula is C20H18ClFN2O5. The van der Waals surface area contributed by atoms with Crippen molar-refractivity contribution < 1.29 is 18.7 Å². The molecule has 0 aliphatic carbocycles. The summed E-state index contributed by atoms with van der Waals surface area (Å²) in [6.45, 7) is 1.35. The molecule has 0 saturated carbocycles. The van der Waals surface area contributed by atoms with Gasteiger partial charge in [0.15, 0.2) is 0 Å². The molecule has 0 aliphatic heterocycles. The Labute approximate surface area is 169 Å². The molecular weight excluding hydrogens is 403 g/mol. The summed E-state index contributed by atoms with van der Waals surface area (Å²) in [6, 6.07) is 7.95. The zero-order valence-electron chi connectivity index (χ0n) is 15.9. The molecule has 9 heteroatoms. The van der Waals surface area contributed by atoms with Gasteiger partial charge in [-0.1, -0.05) is 23.7 Å². The summed E-state index contributed by atoms with van der Waals surface area (Å²) in [5, 5.41) is -0.441. The van der Waals surface area contributed by atoms with Gasteiger partial charge in [-0.3, -0.25) is 14.2 Å². The Balaban J connectivity index is 2.25. The summed E-state index contributed by atoms with van der Waals surface area (Å²) in [4.78, 5) is 40.2. The number of nitrogens with zero attached hydrogens (tertiary/aromatic N) is 1. The lowest BCUT2D eigenvalue weighted by molar-refractivity contribution is -0.142. The monoisotopic (exact) mass is 420 g/mol. The van der Waals surface area contributed by atoms with Crippen LogP contribution in [0, 0.1) is 5.82 Å². The lowest BCUT2D eigenvalue weighted by atomic mass is 9.96. The minimum absolute atomic E-state index is 0.0446. The topological polar surface area (TPSA) is 90.4 Å². The van der Waals surface area contributed by atoms with Crippen molar-refractivity contribution in [2.45, 2.75) is 19.4 Å². The highest BCUT2D eigenvalue weighted by atomic mass is 35.5. The van der Waals surface area contributed by atoms with Crippen molar-refractivity contribution in [3.8, 4) is 5.75 Å². The van der Waals surface area contributed by atoms with E-state index in [-0.39, 0.29) is 28.0 Å². The molecule has 1 atom stereocenters. The molecule has 0 saturated heterocycles. The van der Waals surface area contributed by atoms with Crippen LogP contribution in [-0.4, -0.2) is 29.7 Å². The van der Waals surface area contributed by atoms with Gasteiger partial charge in [-0.25, -0.2) is 9.18 Å². The minimum atomic E-state index is -1.10. The van der Waals surface area contributed by atoms with Crippen LogP contribution in [0.5, 0.6) is 5.75 Å². The van der Waals surface area contributed by atoms with Gasteiger partial charge in [-0.05, 0) is 30.7 Å². The molecule has 1 unspecified atom stereocenters. The van der Waals surface area contributed by atoms with E-state index in [1.54, 1.807) is 24.3 Å². The van der Waals surface area contributed by atoms with Gasteiger partial charge >= 0.3 is 11.7 Å². The van der Waals surface area contributed by atoms with Crippen molar-refractivity contribution in [3.05, 3.63) is 73.1 Å². The van der Waals surface area contributed by atoms with Gasteiger partial charge in [0.1, 0.15) is 11.6 Å². The highest BCUT2D eigenvalue weighted by Gasteiger charge is 2.27. The Bertz CT molecular complexity index is 1200. The van der Waals surface area contributed by atoms with Crippen LogP contribution >= 0.6 is 11.6 Å². The smallest absolute Gasteiger partial charge is 0.329 e. The summed E-state index contributed by atoms with van der Waals surface area (Å²) in [7, 11) is 2.69. The van der Waals surface area contributed by atoms with Crippen LogP contribution in [0.25, 0.3) is 10.9 Å². The number of fused-ring (bicyclic) bond motifs is 1. The number of ether oxygens (including phenoxy) is 2. The van der Waals surface area contributed by atoms with Crippen molar-refractivity contribution in [3.63, 3.8) is 0 Å². The quantitative estimate of drug-likeness (QED) is 0.641. The summed E-state index contributed by atoms with van der Waals surface area (Å²) in [6.07, 6.45) is 0. The van der Waals surface area contributed by atoms with Crippen LogP contribution in [0.3, 0.4) is 0 Å². The number of esters is 1. The lowest BCUT2D eigenvalue weighted by Crippen LogP contribution is -2.36. The van der Waals surface area contributed by atoms with Gasteiger partial charge in [-0.15, -0.1) is 0 Å². The molecule has 0 radical (unpaired) electrons. The molecule has 1 aromatic heterocycles. The number of H-pyrrole nitrogens is 1. The number of rotatable bonds is 5. The second-order valence-electron chi connectivity index (χ2n) is 6.42. The van der Waals surface area contributed by atoms with E-state index in [0.29, 0.717) is 11.3 Å². The number of carbonyl (C=O) groups excluding carboxylic acids is 1. The first-order chi connectivity index (χ1) is 13.8. The number of methoxy groups -OCH3 is 2. The number of hydrogen-bond donors (Lipinski definition) is 1. The molecule has 1 N–H and O–H groups in total. The Morgan fingerprint density at radius 1 is 1.24 bits per heavy atom. The van der Waals surface area contributed by atoms with Crippen molar-refractivity contribution in [2.24, 2.45) is 0 Å². The Kier molecular flexibility index (Phi) is 5.74. The molecule has 152 valence electrons. The van der Waals surface area contributed by atoms with Crippen LogP contribution in [0.15, 0.2) is 39.9 Å². The number of nitrogens with one attached hydrogen (secondary N) is 1. The fourth-order valence-electron chi connectivity index (χ4n) is 3.14. The maximum absolute atomic E-state index is 14.8. The summed E-state index contributed by atoms with van der Waals surface area (Å²) < 4.78 is 25.5. The predicted molar refractivity (Wildman–Crippen MR) is 106 cm³/mol. The standard InChI is InChI=1S/C20H18ClFN2O5/c1-10(19(26)29-3)15-16-14(8-13(21)17(15)22)23-20(27)24(18(16)25)9-11-4-6-12(28-2)7-5-11/h4-8,10H,9H2,1-3H3,(H,23,27). The van der Waals surface area contributed by atoms with E-state index in [1.807, 2.05) is 0 Å². The first kappa shape index (κ1) is 20.6. The summed E-state index contributed by atoms with van der Waals surface area (Å²) in [5.74, 6) is -2.12. The number of halogens is 2. The predicted octanol–water partition coefficient (Wildman–Crippen LogP) is 2.82. The summed E-state index contributed by atoms with van der Waals surface area (Å²) in [5.41, 5.74) is -0.930. The molecule has 1 heterocycles. The Morgan fingerprint density at radius 3 is 2.48 bits per heavy atom. The van der Waals surface area contributed by atoms with Crippen molar-refractivity contribution in [1.29, 1.82) is 0 Å². The first-order valence-electron chi connectivity index (χ1n) is 8.64. The molecule has 0 fully saturated rings. The zero-order chi connectivity index (χ0) is 21.3. The fourth-order valence-corrected chi connectivity index (χ4v) is 3.35. The Morgan fingerprint density at radius 2 is 1.90 bits per heavy atom. The molecule has 0 bridgehead atoms. The SMILES string of the molecule is COC(=O)C(C)c1c(F)c(Cl)cc2[nH]c(=O)n(Cc3ccc(OC)cc3)c(=O)c12. The highest BCUT2D eigenvalue weighted by Crippen LogP contribution is 2.31. The third-order valence-corrected chi connectivity index (χ3v) is 4.96. The van der Waals surface area contributed by atoms with Gasteiger partial charge in [0, 0.05) is 5.56 Å².